The molecule has 0 aliphatic carbocycles. The van der Waals surface area contributed by atoms with E-state index in [1.807, 2.05) is 17.0 Å². The number of pyridine rings is 1. The Morgan fingerprint density at radius 2 is 2.19 bits per heavy atom. The topological polar surface area (TPSA) is 54.8 Å². The number of methoxy groups -OCH3 is 2. The first-order valence-corrected chi connectivity index (χ1v) is 5.16. The Balaban J connectivity index is 2.73. The number of anilines is 1. The molecular weight excluding hydrogens is 208 g/mol. The second-order valence-corrected chi connectivity index (χ2v) is 3.26. The number of aromatic nitrogens is 1. The number of hydrogen-bond acceptors (Lipinski definition) is 5. The van der Waals surface area contributed by atoms with Crippen molar-refractivity contribution in [2.75, 3.05) is 45.4 Å². The van der Waals surface area contributed by atoms with Gasteiger partial charge in [0, 0.05) is 38.1 Å². The van der Waals surface area contributed by atoms with Crippen molar-refractivity contribution >= 4 is 5.69 Å². The van der Waals surface area contributed by atoms with Crippen molar-refractivity contribution in [2.24, 2.45) is 0 Å². The van der Waals surface area contributed by atoms with Gasteiger partial charge in [-0.3, -0.25) is 0 Å². The molecule has 0 saturated heterocycles. The van der Waals surface area contributed by atoms with Gasteiger partial charge in [-0.1, -0.05) is 0 Å². The van der Waals surface area contributed by atoms with Gasteiger partial charge in [-0.25, -0.2) is 4.98 Å². The number of nitrogens with zero attached hydrogens (tertiary/aromatic N) is 2. The van der Waals surface area contributed by atoms with Crippen LogP contribution in [0.25, 0.3) is 0 Å². The summed E-state index contributed by atoms with van der Waals surface area (Å²) in [7, 11) is 3.24. The third-order valence-corrected chi connectivity index (χ3v) is 2.23. The van der Waals surface area contributed by atoms with Crippen LogP contribution >= 0.6 is 0 Å². The molecule has 0 fully saturated rings. The van der Waals surface area contributed by atoms with E-state index in [2.05, 4.69) is 4.98 Å². The van der Waals surface area contributed by atoms with E-state index in [9.17, 15) is 0 Å². The van der Waals surface area contributed by atoms with Crippen LogP contribution in [0, 0.1) is 0 Å². The largest absolute Gasteiger partial charge is 0.481 e. The minimum atomic E-state index is 0.106. The van der Waals surface area contributed by atoms with Gasteiger partial charge in [-0.2, -0.15) is 0 Å². The third kappa shape index (κ3) is 3.67. The fourth-order valence-electron chi connectivity index (χ4n) is 1.40. The molecule has 1 rings (SSSR count). The van der Waals surface area contributed by atoms with E-state index in [4.69, 9.17) is 14.6 Å². The Hall–Kier alpha value is -1.33. The van der Waals surface area contributed by atoms with Crippen LogP contribution in [-0.4, -0.2) is 50.6 Å². The van der Waals surface area contributed by atoms with Crippen LogP contribution in [-0.2, 0) is 4.74 Å². The lowest BCUT2D eigenvalue weighted by Crippen LogP contribution is -2.30. The molecule has 5 heteroatoms. The molecule has 0 aliphatic rings. The Morgan fingerprint density at radius 3 is 2.81 bits per heavy atom. The van der Waals surface area contributed by atoms with Gasteiger partial charge >= 0.3 is 0 Å². The Kier molecular flexibility index (Phi) is 5.60. The number of hydrogen-bond donors (Lipinski definition) is 1. The van der Waals surface area contributed by atoms with Crippen molar-refractivity contribution in [3.8, 4) is 5.88 Å². The van der Waals surface area contributed by atoms with Crippen molar-refractivity contribution in [2.45, 2.75) is 0 Å². The second kappa shape index (κ2) is 7.03. The molecule has 5 nitrogen and oxygen atoms in total. The monoisotopic (exact) mass is 226 g/mol. The van der Waals surface area contributed by atoms with Gasteiger partial charge in [-0.05, 0) is 6.07 Å². The Morgan fingerprint density at radius 1 is 1.38 bits per heavy atom. The van der Waals surface area contributed by atoms with E-state index in [1.165, 1.54) is 0 Å². The molecule has 0 amide bonds. The van der Waals surface area contributed by atoms with E-state index in [-0.39, 0.29) is 6.61 Å². The lowest BCUT2D eigenvalue weighted by Gasteiger charge is -2.23. The van der Waals surface area contributed by atoms with Crippen LogP contribution in [0.1, 0.15) is 0 Å². The predicted molar refractivity (Wildman–Crippen MR) is 62.0 cm³/mol. The van der Waals surface area contributed by atoms with Crippen LogP contribution in [0.5, 0.6) is 5.88 Å². The number of aliphatic hydroxyl groups is 1. The van der Waals surface area contributed by atoms with Crippen molar-refractivity contribution < 1.29 is 14.6 Å². The first-order valence-electron chi connectivity index (χ1n) is 5.16. The van der Waals surface area contributed by atoms with Crippen LogP contribution in [0.15, 0.2) is 18.3 Å². The van der Waals surface area contributed by atoms with Gasteiger partial charge in [0.15, 0.2) is 0 Å². The summed E-state index contributed by atoms with van der Waals surface area (Å²) in [6.45, 7) is 2.01. The zero-order valence-electron chi connectivity index (χ0n) is 9.72. The van der Waals surface area contributed by atoms with E-state index in [1.54, 1.807) is 20.4 Å². The van der Waals surface area contributed by atoms with Gasteiger partial charge in [0.2, 0.25) is 5.88 Å². The number of rotatable bonds is 7. The summed E-state index contributed by atoms with van der Waals surface area (Å²) in [5.74, 6) is 0.567. The molecule has 0 atom stereocenters. The lowest BCUT2D eigenvalue weighted by atomic mass is 10.3. The quantitative estimate of drug-likeness (QED) is 0.735. The molecule has 0 radical (unpaired) electrons. The molecule has 1 N–H and O–H groups in total. The fraction of sp³-hybridized carbons (Fsp3) is 0.545. The standard InChI is InChI=1S/C11H18N2O3/c1-15-8-6-13(5-7-14)10-3-4-12-11(9-10)16-2/h3-4,9,14H,5-8H2,1-2H3. The molecule has 0 aliphatic heterocycles. The van der Waals surface area contributed by atoms with Crippen LogP contribution in [0.2, 0.25) is 0 Å². The summed E-state index contributed by atoms with van der Waals surface area (Å²) in [5, 5.41) is 8.99. The van der Waals surface area contributed by atoms with E-state index < -0.39 is 0 Å². The molecule has 0 bridgehead atoms. The molecule has 0 saturated carbocycles. The summed E-state index contributed by atoms with van der Waals surface area (Å²) in [4.78, 5) is 6.06. The highest BCUT2D eigenvalue weighted by molar-refractivity contribution is 5.48. The van der Waals surface area contributed by atoms with Gasteiger partial charge < -0.3 is 19.5 Å². The Bertz CT molecular complexity index is 307. The van der Waals surface area contributed by atoms with Crippen molar-refractivity contribution in [3.63, 3.8) is 0 Å². The van der Waals surface area contributed by atoms with Gasteiger partial charge in [-0.15, -0.1) is 0 Å². The minimum Gasteiger partial charge on any atom is -0.481 e. The molecule has 16 heavy (non-hydrogen) atoms. The third-order valence-electron chi connectivity index (χ3n) is 2.23. The van der Waals surface area contributed by atoms with Gasteiger partial charge in [0.05, 0.1) is 20.3 Å². The highest BCUT2D eigenvalue weighted by atomic mass is 16.5. The average Bonchev–Trinajstić information content (AvgIpc) is 2.34. The van der Waals surface area contributed by atoms with Crippen LogP contribution in [0.3, 0.4) is 0 Å². The number of ether oxygens (including phenoxy) is 2. The average molecular weight is 226 g/mol. The molecule has 1 aromatic heterocycles. The molecule has 0 unspecified atom stereocenters. The van der Waals surface area contributed by atoms with Crippen molar-refractivity contribution in [3.05, 3.63) is 18.3 Å². The van der Waals surface area contributed by atoms with Gasteiger partial charge in [0.25, 0.3) is 0 Å². The molecule has 90 valence electrons. The van der Waals surface area contributed by atoms with Crippen molar-refractivity contribution in [1.82, 2.24) is 4.98 Å². The fourth-order valence-corrected chi connectivity index (χ4v) is 1.40. The summed E-state index contributed by atoms with van der Waals surface area (Å²) in [5.41, 5.74) is 0.970. The van der Waals surface area contributed by atoms with Crippen LogP contribution < -0.4 is 9.64 Å². The van der Waals surface area contributed by atoms with E-state index in [0.29, 0.717) is 19.0 Å². The summed E-state index contributed by atoms with van der Waals surface area (Å²) >= 11 is 0. The molecule has 0 spiro atoms. The van der Waals surface area contributed by atoms with E-state index >= 15 is 0 Å². The highest BCUT2D eigenvalue weighted by Crippen LogP contribution is 2.17. The first-order chi connectivity index (χ1) is 7.81. The van der Waals surface area contributed by atoms with E-state index in [0.717, 1.165) is 12.2 Å². The highest BCUT2D eigenvalue weighted by Gasteiger charge is 2.06. The zero-order valence-corrected chi connectivity index (χ0v) is 9.72. The second-order valence-electron chi connectivity index (χ2n) is 3.26. The predicted octanol–water partition coefficient (Wildman–Crippen LogP) is 0.535. The molecule has 0 aromatic carbocycles. The number of aliphatic hydroxyl groups excluding tert-OH is 1. The summed E-state index contributed by atoms with van der Waals surface area (Å²) in [6.07, 6.45) is 1.69. The maximum atomic E-state index is 8.99. The molecular formula is C11H18N2O3. The van der Waals surface area contributed by atoms with Crippen LogP contribution in [0.4, 0.5) is 5.69 Å². The SMILES string of the molecule is COCCN(CCO)c1ccnc(OC)c1. The summed E-state index contributed by atoms with van der Waals surface area (Å²) < 4.78 is 10.1. The first kappa shape index (κ1) is 12.7. The molecule has 1 heterocycles. The maximum Gasteiger partial charge on any atom is 0.214 e. The normalized spacial score (nSPS) is 10.2. The zero-order chi connectivity index (χ0) is 11.8. The maximum absolute atomic E-state index is 8.99. The smallest absolute Gasteiger partial charge is 0.214 e. The minimum absolute atomic E-state index is 0.106. The lowest BCUT2D eigenvalue weighted by molar-refractivity contribution is 0.203. The summed E-state index contributed by atoms with van der Waals surface area (Å²) in [6, 6.07) is 3.72. The van der Waals surface area contributed by atoms with Gasteiger partial charge in [0.1, 0.15) is 0 Å². The Labute approximate surface area is 95.6 Å². The molecule has 1 aromatic rings. The van der Waals surface area contributed by atoms with Crippen molar-refractivity contribution in [1.29, 1.82) is 0 Å².